The molecular weight excluding hydrogens is 248 g/mol. The molecule has 1 saturated heterocycles. The molecule has 2 saturated carbocycles. The van der Waals surface area contributed by atoms with E-state index in [0.29, 0.717) is 17.8 Å². The molecule has 1 heterocycles. The highest BCUT2D eigenvalue weighted by Crippen LogP contribution is 2.69. The van der Waals surface area contributed by atoms with E-state index in [1.807, 2.05) is 4.90 Å². The minimum absolute atomic E-state index is 0.137. The van der Waals surface area contributed by atoms with E-state index >= 15 is 0 Å². The lowest BCUT2D eigenvalue weighted by Crippen LogP contribution is -2.69. The molecular formula is C17H26N2O. The summed E-state index contributed by atoms with van der Waals surface area (Å²) in [4.78, 5) is 15.0. The van der Waals surface area contributed by atoms with E-state index in [2.05, 4.69) is 26.8 Å². The number of fused-ring (bicyclic) bond motifs is 1. The Balaban J connectivity index is 1.94. The molecule has 0 bridgehead atoms. The molecule has 4 unspecified atom stereocenters. The lowest BCUT2D eigenvalue weighted by molar-refractivity contribution is -0.199. The lowest BCUT2D eigenvalue weighted by atomic mass is 9.36. The number of hydrogen-bond acceptors (Lipinski definition) is 2. The Morgan fingerprint density at radius 2 is 1.85 bits per heavy atom. The van der Waals surface area contributed by atoms with E-state index in [-0.39, 0.29) is 11.3 Å². The highest BCUT2D eigenvalue weighted by Gasteiger charge is 2.72. The molecule has 3 rings (SSSR count). The van der Waals surface area contributed by atoms with Crippen molar-refractivity contribution in [1.29, 1.82) is 5.26 Å². The van der Waals surface area contributed by atoms with Gasteiger partial charge < -0.3 is 4.90 Å². The minimum Gasteiger partial charge on any atom is -0.341 e. The van der Waals surface area contributed by atoms with E-state index in [0.717, 1.165) is 32.4 Å². The summed E-state index contributed by atoms with van der Waals surface area (Å²) in [6.45, 7) is 8.28. The van der Waals surface area contributed by atoms with Crippen molar-refractivity contribution in [2.24, 2.45) is 28.6 Å². The van der Waals surface area contributed by atoms with Crippen LogP contribution in [0.3, 0.4) is 0 Å². The van der Waals surface area contributed by atoms with Gasteiger partial charge in [0.05, 0.1) is 6.07 Å². The summed E-state index contributed by atoms with van der Waals surface area (Å²) in [6, 6.07) is 2.51. The number of rotatable bonds is 1. The molecule has 0 aromatic rings. The summed E-state index contributed by atoms with van der Waals surface area (Å²) >= 11 is 0. The smallest absolute Gasteiger partial charge is 0.243 e. The fraction of sp³-hybridized carbons (Fsp3) is 0.882. The molecule has 1 aliphatic heterocycles. The normalized spacial score (nSPS) is 42.5. The highest BCUT2D eigenvalue weighted by atomic mass is 16.2. The van der Waals surface area contributed by atoms with E-state index in [1.54, 1.807) is 0 Å². The van der Waals surface area contributed by atoms with Crippen LogP contribution in [0.1, 0.15) is 52.9 Å². The summed E-state index contributed by atoms with van der Waals surface area (Å²) in [5.74, 6) is 1.65. The SMILES string of the molecule is CC1CCC2C(C1)C(C#N)(C(=O)N1CCCC1)C2(C)C. The molecule has 0 aromatic heterocycles. The number of hydrogen-bond donors (Lipinski definition) is 0. The second-order valence-corrected chi connectivity index (χ2v) is 7.77. The Kier molecular flexibility index (Phi) is 3.12. The van der Waals surface area contributed by atoms with Crippen LogP contribution in [-0.4, -0.2) is 23.9 Å². The molecule has 3 heteroatoms. The van der Waals surface area contributed by atoms with E-state index < -0.39 is 5.41 Å². The van der Waals surface area contributed by atoms with E-state index in [1.165, 1.54) is 12.8 Å². The fourth-order valence-corrected chi connectivity index (χ4v) is 5.28. The number of nitrogens with zero attached hydrogens (tertiary/aromatic N) is 2. The van der Waals surface area contributed by atoms with E-state index in [4.69, 9.17) is 0 Å². The van der Waals surface area contributed by atoms with Gasteiger partial charge in [-0.15, -0.1) is 0 Å². The van der Waals surface area contributed by atoms with Gasteiger partial charge >= 0.3 is 0 Å². The maximum Gasteiger partial charge on any atom is 0.243 e. The van der Waals surface area contributed by atoms with Crippen LogP contribution in [0.15, 0.2) is 0 Å². The summed E-state index contributed by atoms with van der Waals surface area (Å²) in [6.07, 6.45) is 5.69. The minimum atomic E-state index is -0.753. The van der Waals surface area contributed by atoms with Gasteiger partial charge in [0.2, 0.25) is 5.91 Å². The maximum absolute atomic E-state index is 13.1. The van der Waals surface area contributed by atoms with Crippen LogP contribution >= 0.6 is 0 Å². The molecule has 1 amide bonds. The quantitative estimate of drug-likeness (QED) is 0.737. The van der Waals surface area contributed by atoms with Gasteiger partial charge in [-0.25, -0.2) is 0 Å². The molecule has 0 N–H and O–H groups in total. The second-order valence-electron chi connectivity index (χ2n) is 7.77. The number of carbonyl (C=O) groups excluding carboxylic acids is 1. The molecule has 0 aromatic carbocycles. The van der Waals surface area contributed by atoms with Gasteiger partial charge in [-0.05, 0) is 48.9 Å². The first-order valence-corrected chi connectivity index (χ1v) is 8.15. The van der Waals surface area contributed by atoms with Crippen molar-refractivity contribution >= 4 is 5.91 Å². The average Bonchev–Trinajstić information content (AvgIpc) is 2.93. The standard InChI is InChI=1S/C17H26N2O/c1-12-6-7-13-14(10-12)17(11-18,16(13,2)3)15(20)19-8-4-5-9-19/h12-14H,4-10H2,1-3H3. The van der Waals surface area contributed by atoms with Crippen molar-refractivity contribution < 1.29 is 4.79 Å². The molecule has 110 valence electrons. The molecule has 20 heavy (non-hydrogen) atoms. The van der Waals surface area contributed by atoms with Crippen molar-refractivity contribution in [2.75, 3.05) is 13.1 Å². The predicted octanol–water partition coefficient (Wildman–Crippen LogP) is 3.21. The second kappa shape index (κ2) is 4.48. The molecule has 3 fully saturated rings. The maximum atomic E-state index is 13.1. The third kappa shape index (κ3) is 1.54. The summed E-state index contributed by atoms with van der Waals surface area (Å²) in [5, 5.41) is 9.93. The van der Waals surface area contributed by atoms with Gasteiger partial charge in [-0.2, -0.15) is 5.26 Å². The van der Waals surface area contributed by atoms with Crippen molar-refractivity contribution in [3.63, 3.8) is 0 Å². The molecule has 3 nitrogen and oxygen atoms in total. The number of nitriles is 1. The Labute approximate surface area is 122 Å². The van der Waals surface area contributed by atoms with Crippen LogP contribution in [-0.2, 0) is 4.79 Å². The van der Waals surface area contributed by atoms with Gasteiger partial charge in [0.25, 0.3) is 0 Å². The first-order chi connectivity index (χ1) is 9.45. The predicted molar refractivity (Wildman–Crippen MR) is 77.6 cm³/mol. The van der Waals surface area contributed by atoms with Crippen molar-refractivity contribution in [3.8, 4) is 6.07 Å². The van der Waals surface area contributed by atoms with Gasteiger partial charge in [-0.3, -0.25) is 4.79 Å². The fourth-order valence-electron chi connectivity index (χ4n) is 5.28. The van der Waals surface area contributed by atoms with Crippen LogP contribution in [0.4, 0.5) is 0 Å². The van der Waals surface area contributed by atoms with Crippen LogP contribution in [0.25, 0.3) is 0 Å². The largest absolute Gasteiger partial charge is 0.341 e. The zero-order chi connectivity index (χ0) is 14.5. The van der Waals surface area contributed by atoms with Gasteiger partial charge in [0, 0.05) is 13.1 Å². The molecule has 4 atom stereocenters. The van der Waals surface area contributed by atoms with Gasteiger partial charge in [-0.1, -0.05) is 27.2 Å². The van der Waals surface area contributed by atoms with Crippen LogP contribution in [0.2, 0.25) is 0 Å². The van der Waals surface area contributed by atoms with Crippen molar-refractivity contribution in [2.45, 2.75) is 52.9 Å². The van der Waals surface area contributed by atoms with Crippen molar-refractivity contribution in [1.82, 2.24) is 4.90 Å². The summed E-state index contributed by atoms with van der Waals surface area (Å²) in [7, 11) is 0. The zero-order valence-electron chi connectivity index (χ0n) is 13.0. The Bertz CT molecular complexity index is 458. The van der Waals surface area contributed by atoms with Crippen LogP contribution < -0.4 is 0 Å². The highest BCUT2D eigenvalue weighted by molar-refractivity contribution is 5.88. The molecule has 3 aliphatic rings. The third-order valence-electron chi connectivity index (χ3n) is 6.52. The first kappa shape index (κ1) is 13.9. The number of carbonyl (C=O) groups is 1. The van der Waals surface area contributed by atoms with E-state index in [9.17, 15) is 10.1 Å². The molecule has 0 spiro atoms. The van der Waals surface area contributed by atoms with Gasteiger partial charge in [0.15, 0.2) is 0 Å². The molecule has 0 radical (unpaired) electrons. The Hall–Kier alpha value is -1.04. The summed E-state index contributed by atoms with van der Waals surface area (Å²) in [5.41, 5.74) is -0.914. The first-order valence-electron chi connectivity index (χ1n) is 8.15. The zero-order valence-corrected chi connectivity index (χ0v) is 13.0. The number of likely N-dealkylation sites (tertiary alicyclic amines) is 1. The Morgan fingerprint density at radius 3 is 2.45 bits per heavy atom. The van der Waals surface area contributed by atoms with Crippen molar-refractivity contribution in [3.05, 3.63) is 0 Å². The average molecular weight is 274 g/mol. The monoisotopic (exact) mass is 274 g/mol. The molecule has 2 aliphatic carbocycles. The summed E-state index contributed by atoms with van der Waals surface area (Å²) < 4.78 is 0. The lowest BCUT2D eigenvalue weighted by Gasteiger charge is -2.65. The number of amides is 1. The van der Waals surface area contributed by atoms with Crippen LogP contribution in [0, 0.1) is 39.9 Å². The Morgan fingerprint density at radius 1 is 1.20 bits per heavy atom. The third-order valence-corrected chi connectivity index (χ3v) is 6.52. The van der Waals surface area contributed by atoms with Gasteiger partial charge in [0.1, 0.15) is 5.41 Å². The van der Waals surface area contributed by atoms with Crippen LogP contribution in [0.5, 0.6) is 0 Å². The topological polar surface area (TPSA) is 44.1 Å².